The van der Waals surface area contributed by atoms with Crippen LogP contribution in [0, 0.1) is 6.92 Å². The number of benzene rings is 3. The number of ether oxygens (including phenoxy) is 2. The van der Waals surface area contributed by atoms with E-state index < -0.39 is 34.2 Å². The molecule has 11 heteroatoms. The molecule has 0 spiro atoms. The Morgan fingerprint density at radius 3 is 2.27 bits per heavy atom. The van der Waals surface area contributed by atoms with Gasteiger partial charge in [-0.1, -0.05) is 43.7 Å². The Kier molecular flexibility index (Phi) is 10.3. The predicted molar refractivity (Wildman–Crippen MR) is 164 cm³/mol. The average molecular weight is 628 g/mol. The molecule has 1 unspecified atom stereocenters. The van der Waals surface area contributed by atoms with Gasteiger partial charge in [0, 0.05) is 11.4 Å². The molecule has 0 saturated heterocycles. The zero-order valence-electron chi connectivity index (χ0n) is 25.4. The van der Waals surface area contributed by atoms with E-state index in [4.69, 9.17) is 14.6 Å². The van der Waals surface area contributed by atoms with Gasteiger partial charge in [0.25, 0.3) is 0 Å². The van der Waals surface area contributed by atoms with Crippen LogP contribution in [0.25, 0.3) is 5.69 Å². The molecule has 0 saturated carbocycles. The molecule has 0 aliphatic heterocycles. The summed E-state index contributed by atoms with van der Waals surface area (Å²) in [6.45, 7) is 9.60. The zero-order chi connectivity index (χ0) is 32.1. The number of esters is 1. The van der Waals surface area contributed by atoms with E-state index in [0.29, 0.717) is 18.1 Å². The molecule has 1 aromatic heterocycles. The van der Waals surface area contributed by atoms with Gasteiger partial charge in [0.1, 0.15) is 5.75 Å². The van der Waals surface area contributed by atoms with Crippen LogP contribution in [-0.2, 0) is 22.3 Å². The Morgan fingerprint density at radius 1 is 1.00 bits per heavy atom. The van der Waals surface area contributed by atoms with Crippen LogP contribution in [0.1, 0.15) is 68.3 Å². The normalized spacial score (nSPS) is 12.6. The van der Waals surface area contributed by atoms with Crippen molar-refractivity contribution in [2.45, 2.75) is 75.9 Å². The highest BCUT2D eigenvalue weighted by molar-refractivity contribution is 7.99. The maximum atomic E-state index is 13.7. The predicted octanol–water partition coefficient (Wildman–Crippen LogP) is 7.76. The van der Waals surface area contributed by atoms with Gasteiger partial charge in [-0.25, -0.2) is 9.59 Å². The number of carbonyl (C=O) groups excluding carboxylic acids is 1. The minimum Gasteiger partial charge on any atom is -0.476 e. The fourth-order valence-corrected chi connectivity index (χ4v) is 5.79. The first kappa shape index (κ1) is 32.9. The monoisotopic (exact) mass is 627 g/mol. The molecule has 4 aromatic rings. The van der Waals surface area contributed by atoms with E-state index in [0.717, 1.165) is 41.0 Å². The topological polar surface area (TPSA) is 75.3 Å². The first-order valence-corrected chi connectivity index (χ1v) is 15.3. The van der Waals surface area contributed by atoms with E-state index in [1.54, 1.807) is 31.4 Å². The van der Waals surface area contributed by atoms with Gasteiger partial charge < -0.3 is 9.47 Å². The highest BCUT2D eigenvalue weighted by Gasteiger charge is 2.33. The van der Waals surface area contributed by atoms with Crippen molar-refractivity contribution in [3.8, 4) is 11.4 Å². The Balaban J connectivity index is 1.75. The SMILES string of the molecule is CCCCn1c(C(Sc2ccc(OC(C)(C)C(=O)OCC)c(C)c2)c2ccccc2)nn(-c2ccc(C(F)(F)F)cc2)c1=O. The van der Waals surface area contributed by atoms with Crippen LogP contribution in [0.15, 0.2) is 82.5 Å². The molecule has 1 heterocycles. The van der Waals surface area contributed by atoms with Gasteiger partial charge in [-0.15, -0.1) is 16.9 Å². The molecule has 0 aliphatic rings. The number of nitrogens with zero attached hydrogens (tertiary/aromatic N) is 3. The number of carbonyl (C=O) groups is 1. The standard InChI is InChI=1S/C33H36F3N3O4S/c1-6-8-20-38-29(37-39(31(38)41)25-16-14-24(15-17-25)33(34,35)36)28(23-12-10-9-11-13-23)44-26-18-19-27(22(3)21-26)43-32(4,5)30(40)42-7-2/h9-19,21,28H,6-8,20H2,1-5H3. The third kappa shape index (κ3) is 7.56. The second-order valence-corrected chi connectivity index (χ2v) is 11.9. The number of hydrogen-bond acceptors (Lipinski definition) is 6. The summed E-state index contributed by atoms with van der Waals surface area (Å²) >= 11 is 1.49. The van der Waals surface area contributed by atoms with Gasteiger partial charge in [0.15, 0.2) is 11.4 Å². The smallest absolute Gasteiger partial charge is 0.416 e. The highest BCUT2D eigenvalue weighted by Crippen LogP contribution is 2.41. The summed E-state index contributed by atoms with van der Waals surface area (Å²) in [7, 11) is 0. The fourth-order valence-electron chi connectivity index (χ4n) is 4.56. The van der Waals surface area contributed by atoms with Crippen molar-refractivity contribution in [2.75, 3.05) is 6.61 Å². The van der Waals surface area contributed by atoms with E-state index in [9.17, 15) is 22.8 Å². The quantitative estimate of drug-likeness (QED) is 0.118. The molecule has 1 atom stereocenters. The van der Waals surface area contributed by atoms with Gasteiger partial charge in [-0.2, -0.15) is 17.9 Å². The lowest BCUT2D eigenvalue weighted by Gasteiger charge is -2.25. The molecule has 0 radical (unpaired) electrons. The number of hydrogen-bond donors (Lipinski definition) is 0. The summed E-state index contributed by atoms with van der Waals surface area (Å²) in [4.78, 5) is 26.9. The fraction of sp³-hybridized carbons (Fsp3) is 0.364. The van der Waals surface area contributed by atoms with E-state index in [-0.39, 0.29) is 12.3 Å². The van der Waals surface area contributed by atoms with Crippen molar-refractivity contribution in [1.29, 1.82) is 0 Å². The Morgan fingerprint density at radius 2 is 1.68 bits per heavy atom. The van der Waals surface area contributed by atoms with Gasteiger partial charge >= 0.3 is 17.8 Å². The van der Waals surface area contributed by atoms with Crippen molar-refractivity contribution >= 4 is 17.7 Å². The second kappa shape index (κ2) is 13.8. The van der Waals surface area contributed by atoms with Gasteiger partial charge in [-0.3, -0.25) is 4.57 Å². The van der Waals surface area contributed by atoms with Crippen LogP contribution in [0.2, 0.25) is 0 Å². The summed E-state index contributed by atoms with van der Waals surface area (Å²) in [5.74, 6) is 0.562. The third-order valence-corrected chi connectivity index (χ3v) is 8.18. The molecule has 0 fully saturated rings. The number of halogens is 3. The van der Waals surface area contributed by atoms with Crippen molar-refractivity contribution < 1.29 is 27.4 Å². The molecular formula is C33H36F3N3O4S. The van der Waals surface area contributed by atoms with Gasteiger partial charge in [0.2, 0.25) is 0 Å². The van der Waals surface area contributed by atoms with Crippen LogP contribution >= 0.6 is 11.8 Å². The lowest BCUT2D eigenvalue weighted by molar-refractivity contribution is -0.158. The number of aryl methyl sites for hydroxylation is 1. The maximum Gasteiger partial charge on any atom is 0.416 e. The van der Waals surface area contributed by atoms with Gasteiger partial charge in [-0.05, 0) is 87.7 Å². The minimum absolute atomic E-state index is 0.248. The van der Waals surface area contributed by atoms with Crippen LogP contribution in [0.3, 0.4) is 0 Å². The zero-order valence-corrected chi connectivity index (χ0v) is 26.2. The van der Waals surface area contributed by atoms with E-state index in [1.807, 2.05) is 56.3 Å². The van der Waals surface area contributed by atoms with E-state index >= 15 is 0 Å². The number of rotatable bonds is 12. The second-order valence-electron chi connectivity index (χ2n) is 10.8. The average Bonchev–Trinajstić information content (AvgIpc) is 3.31. The molecular weight excluding hydrogens is 591 g/mol. The first-order chi connectivity index (χ1) is 20.9. The molecule has 0 amide bonds. The molecule has 44 heavy (non-hydrogen) atoms. The molecule has 0 N–H and O–H groups in total. The van der Waals surface area contributed by atoms with E-state index in [2.05, 4.69) is 0 Å². The lowest BCUT2D eigenvalue weighted by Crippen LogP contribution is -2.39. The van der Waals surface area contributed by atoms with E-state index in [1.165, 1.54) is 28.6 Å². The van der Waals surface area contributed by atoms with Gasteiger partial charge in [0.05, 0.1) is 23.1 Å². The summed E-state index contributed by atoms with van der Waals surface area (Å²) in [6.07, 6.45) is -2.93. The Bertz CT molecular complexity index is 1630. The molecule has 0 aliphatic carbocycles. The van der Waals surface area contributed by atoms with Crippen LogP contribution in [-0.4, -0.2) is 32.5 Å². The summed E-state index contributed by atoms with van der Waals surface area (Å²) in [5.41, 5.74) is -0.443. The molecule has 0 bridgehead atoms. The number of aromatic nitrogens is 3. The van der Waals surface area contributed by atoms with Crippen molar-refractivity contribution in [3.05, 3.63) is 106 Å². The first-order valence-electron chi connectivity index (χ1n) is 14.4. The summed E-state index contributed by atoms with van der Waals surface area (Å²) in [5, 5.41) is 4.29. The third-order valence-electron chi connectivity index (χ3n) is 6.93. The molecule has 234 valence electrons. The van der Waals surface area contributed by atoms with Crippen LogP contribution in [0.5, 0.6) is 5.75 Å². The molecule has 4 rings (SSSR count). The Hall–Kier alpha value is -3.99. The lowest BCUT2D eigenvalue weighted by atomic mass is 10.1. The number of thioether (sulfide) groups is 1. The molecule has 3 aromatic carbocycles. The van der Waals surface area contributed by atoms with Crippen molar-refractivity contribution in [2.24, 2.45) is 0 Å². The summed E-state index contributed by atoms with van der Waals surface area (Å²) < 4.78 is 53.5. The number of unbranched alkanes of at least 4 members (excludes halogenated alkanes) is 1. The Labute approximate surface area is 259 Å². The minimum atomic E-state index is -4.49. The van der Waals surface area contributed by atoms with Crippen molar-refractivity contribution in [1.82, 2.24) is 14.3 Å². The highest BCUT2D eigenvalue weighted by atomic mass is 32.2. The maximum absolute atomic E-state index is 13.7. The van der Waals surface area contributed by atoms with Crippen molar-refractivity contribution in [3.63, 3.8) is 0 Å². The largest absolute Gasteiger partial charge is 0.476 e. The number of alkyl halides is 3. The summed E-state index contributed by atoms with van der Waals surface area (Å²) in [6, 6.07) is 19.7. The molecule has 7 nitrogen and oxygen atoms in total. The van der Waals surface area contributed by atoms with Crippen LogP contribution in [0.4, 0.5) is 13.2 Å². The van der Waals surface area contributed by atoms with Crippen LogP contribution < -0.4 is 10.4 Å².